The van der Waals surface area contributed by atoms with E-state index in [-0.39, 0.29) is 5.84 Å². The van der Waals surface area contributed by atoms with Gasteiger partial charge in [-0.2, -0.15) is 5.10 Å². The first kappa shape index (κ1) is 24.8. The number of aliphatic imine (C=N–C) groups is 1. The van der Waals surface area contributed by atoms with Crippen molar-refractivity contribution in [3.8, 4) is 10.6 Å². The average Bonchev–Trinajstić information content (AvgIpc) is 3.45. The summed E-state index contributed by atoms with van der Waals surface area (Å²) in [6.07, 6.45) is 3.23. The first-order chi connectivity index (χ1) is 18.0. The molecule has 186 valence electrons. The maximum atomic E-state index is 9.22. The third-order valence-corrected chi connectivity index (χ3v) is 7.39. The summed E-state index contributed by atoms with van der Waals surface area (Å²) in [5.41, 5.74) is 13.2. The Kier molecular flexibility index (Phi) is 7.41. The number of nitrogens with two attached hydrogens (primary N) is 1. The Morgan fingerprint density at radius 3 is 2.59 bits per heavy atom. The normalized spacial score (nSPS) is 11.8. The van der Waals surface area contributed by atoms with Crippen molar-refractivity contribution in [2.75, 3.05) is 0 Å². The van der Waals surface area contributed by atoms with Gasteiger partial charge < -0.3 is 21.5 Å². The van der Waals surface area contributed by atoms with Gasteiger partial charge in [-0.15, -0.1) is 17.7 Å². The molecule has 9 heteroatoms. The molecule has 0 saturated heterocycles. The smallest absolute Gasteiger partial charge is 0.128 e. The number of hydrogen-bond acceptors (Lipinski definition) is 4. The molecule has 0 aliphatic carbocycles. The van der Waals surface area contributed by atoms with E-state index in [0.29, 0.717) is 17.8 Å². The highest BCUT2D eigenvalue weighted by Gasteiger charge is 2.20. The predicted octanol–water partition coefficient (Wildman–Crippen LogP) is 5.60. The molecule has 0 spiro atoms. The van der Waals surface area contributed by atoms with Crippen molar-refractivity contribution in [2.45, 2.75) is 26.4 Å². The first-order valence-corrected chi connectivity index (χ1v) is 13.0. The van der Waals surface area contributed by atoms with Gasteiger partial charge in [0.1, 0.15) is 5.01 Å². The highest BCUT2D eigenvalue weighted by atomic mass is 35.5. The van der Waals surface area contributed by atoms with Gasteiger partial charge in [-0.1, -0.05) is 54.1 Å². The molecule has 37 heavy (non-hydrogen) atoms. The Hall–Kier alpha value is -3.85. The summed E-state index contributed by atoms with van der Waals surface area (Å²) in [6, 6.07) is 22.2. The summed E-state index contributed by atoms with van der Waals surface area (Å²) in [6.45, 7) is 3.50. The number of halogens is 1. The molecule has 0 saturated carbocycles. The molecule has 0 aliphatic rings. The molecule has 3 heterocycles. The number of hydrogen-bond donors (Lipinski definition) is 2. The number of pyridine rings is 1. The highest BCUT2D eigenvalue weighted by molar-refractivity contribution is 7.17. The summed E-state index contributed by atoms with van der Waals surface area (Å²) < 4.78 is 1.88. The molecule has 0 unspecified atom stereocenters. The van der Waals surface area contributed by atoms with E-state index in [1.807, 2.05) is 60.1 Å². The van der Waals surface area contributed by atoms with Gasteiger partial charge in [-0.05, 0) is 47.9 Å². The molecular formula is C28H25ClN7S-. The van der Waals surface area contributed by atoms with Gasteiger partial charge in [-0.3, -0.25) is 0 Å². The van der Waals surface area contributed by atoms with Gasteiger partial charge in [0.05, 0.1) is 27.3 Å². The maximum Gasteiger partial charge on any atom is 0.128 e. The second-order valence-corrected chi connectivity index (χ2v) is 10.1. The lowest BCUT2D eigenvalue weighted by atomic mass is 10.1. The van der Waals surface area contributed by atoms with Crippen molar-refractivity contribution in [3.05, 3.63) is 116 Å². The van der Waals surface area contributed by atoms with Gasteiger partial charge in [0.2, 0.25) is 0 Å². The summed E-state index contributed by atoms with van der Waals surface area (Å²) >= 11 is 7.50. The van der Waals surface area contributed by atoms with E-state index in [4.69, 9.17) is 27.4 Å². The van der Waals surface area contributed by atoms with Crippen LogP contribution in [0.1, 0.15) is 33.0 Å². The van der Waals surface area contributed by atoms with Crippen molar-refractivity contribution in [1.29, 1.82) is 0 Å². The molecule has 5 rings (SSSR count). The predicted molar refractivity (Wildman–Crippen MR) is 152 cm³/mol. The third kappa shape index (κ3) is 5.61. The van der Waals surface area contributed by atoms with E-state index in [1.54, 1.807) is 0 Å². The van der Waals surface area contributed by atoms with Gasteiger partial charge in [0, 0.05) is 36.6 Å². The van der Waals surface area contributed by atoms with Crippen molar-refractivity contribution < 1.29 is 0 Å². The van der Waals surface area contributed by atoms with Crippen molar-refractivity contribution >= 4 is 40.6 Å². The van der Waals surface area contributed by atoms with Gasteiger partial charge >= 0.3 is 0 Å². The van der Waals surface area contributed by atoms with Crippen LogP contribution >= 0.6 is 22.9 Å². The molecule has 7 nitrogen and oxygen atoms in total. The Bertz CT molecular complexity index is 1570. The largest absolute Gasteiger partial charge is 0.472 e. The fourth-order valence-corrected chi connectivity index (χ4v) is 5.45. The number of aromatic nitrogens is 3. The number of thiazole rings is 1. The van der Waals surface area contributed by atoms with E-state index in [2.05, 4.69) is 34.6 Å². The zero-order valence-corrected chi connectivity index (χ0v) is 21.8. The van der Waals surface area contributed by atoms with Gasteiger partial charge in [0.25, 0.3) is 0 Å². The number of fused-ring (bicyclic) bond motifs is 1. The summed E-state index contributed by atoms with van der Waals surface area (Å²) in [5.74, 6) is 0.218. The Labute approximate surface area is 224 Å². The molecular weight excluding hydrogens is 502 g/mol. The molecule has 3 aromatic heterocycles. The molecule has 0 radical (unpaired) electrons. The lowest BCUT2D eigenvalue weighted by molar-refractivity contribution is 0.692. The average molecular weight is 527 g/mol. The molecule has 0 atom stereocenters. The van der Waals surface area contributed by atoms with Gasteiger partial charge in [0.15, 0.2) is 0 Å². The van der Waals surface area contributed by atoms with Crippen LogP contribution in [0.4, 0.5) is 0 Å². The zero-order chi connectivity index (χ0) is 25.8. The van der Waals surface area contributed by atoms with Crippen LogP contribution in [0.5, 0.6) is 0 Å². The van der Waals surface area contributed by atoms with Crippen LogP contribution in [-0.2, 0) is 19.5 Å². The standard InChI is InChI=1S/C28H25ClN7S/c1-18-25(24-14-21(11-12-36(24)35-18)16-32-15-20-5-3-2-4-6-20)28-34-23(26(37-28)27(31)33-17-30)13-19-7-9-22(29)10-8-19/h2-12,14,17,32H,13,15-16H2,1H3,(H2-,30,31,33)/q-1. The monoisotopic (exact) mass is 526 g/mol. The van der Waals surface area contributed by atoms with Crippen molar-refractivity contribution in [2.24, 2.45) is 10.7 Å². The number of aryl methyl sites for hydroxylation is 1. The molecule has 0 amide bonds. The van der Waals surface area contributed by atoms with E-state index >= 15 is 0 Å². The van der Waals surface area contributed by atoms with E-state index < -0.39 is 0 Å². The quantitative estimate of drug-likeness (QED) is 0.192. The molecule has 0 bridgehead atoms. The minimum atomic E-state index is 0.218. The Balaban J connectivity index is 1.48. The fourth-order valence-electron chi connectivity index (χ4n) is 4.22. The number of nitrogens with one attached hydrogen (secondary N) is 1. The zero-order valence-electron chi connectivity index (χ0n) is 20.2. The summed E-state index contributed by atoms with van der Waals surface area (Å²) in [4.78, 5) is 9.60. The van der Waals surface area contributed by atoms with Crippen LogP contribution in [0.15, 0.2) is 77.9 Å². The minimum Gasteiger partial charge on any atom is -0.472 e. The minimum absolute atomic E-state index is 0.218. The Morgan fingerprint density at radius 1 is 1.08 bits per heavy atom. The van der Waals surface area contributed by atoms with Crippen LogP contribution in [0.25, 0.3) is 21.5 Å². The molecule has 0 fully saturated rings. The number of rotatable bonds is 9. The highest BCUT2D eigenvalue weighted by Crippen LogP contribution is 2.34. The number of benzene rings is 2. The van der Waals surface area contributed by atoms with Crippen LogP contribution < -0.4 is 11.1 Å². The first-order valence-electron chi connectivity index (χ1n) is 11.8. The lowest BCUT2D eigenvalue weighted by Gasteiger charge is -2.06. The van der Waals surface area contributed by atoms with Crippen LogP contribution in [0.3, 0.4) is 0 Å². The van der Waals surface area contributed by atoms with Crippen LogP contribution in [0.2, 0.25) is 5.02 Å². The lowest BCUT2D eigenvalue weighted by Crippen LogP contribution is -2.14. The second-order valence-electron chi connectivity index (χ2n) is 8.64. The van der Waals surface area contributed by atoms with E-state index in [0.717, 1.165) is 56.6 Å². The second kappa shape index (κ2) is 11.0. The summed E-state index contributed by atoms with van der Waals surface area (Å²) in [5, 5.41) is 18.9. The number of nitrogens with zero attached hydrogens (tertiary/aromatic N) is 5. The fraction of sp³-hybridized carbons (Fsp3) is 0.143. The maximum absolute atomic E-state index is 9.22. The SMILES string of the molecule is Cc1nn2ccc(CNCc3ccccc3)cc2c1-c1nc(Cc2ccc(Cl)cc2)c(C(N)=NC=[N-])s1. The topological polar surface area (TPSA) is 103 Å². The Morgan fingerprint density at radius 2 is 1.84 bits per heavy atom. The van der Waals surface area contributed by atoms with Crippen molar-refractivity contribution in [1.82, 2.24) is 19.9 Å². The van der Waals surface area contributed by atoms with Crippen LogP contribution in [-0.4, -0.2) is 26.8 Å². The molecule has 2 aromatic carbocycles. The summed E-state index contributed by atoms with van der Waals surface area (Å²) in [7, 11) is 0. The molecule has 0 aliphatic heterocycles. The van der Waals surface area contributed by atoms with Gasteiger partial charge in [-0.25, -0.2) is 9.50 Å². The van der Waals surface area contributed by atoms with E-state index in [1.165, 1.54) is 16.9 Å². The van der Waals surface area contributed by atoms with Crippen LogP contribution in [0, 0.1) is 6.92 Å². The number of amidine groups is 1. The molecule has 5 aromatic rings. The van der Waals surface area contributed by atoms with Crippen molar-refractivity contribution in [3.63, 3.8) is 0 Å². The molecule has 3 N–H and O–H groups in total. The third-order valence-electron chi connectivity index (χ3n) is 6.00. The van der Waals surface area contributed by atoms with E-state index in [9.17, 15) is 5.41 Å².